The number of nitrogens with one attached hydrogen (secondary N) is 1. The number of carboxylic acid groups (broad SMARTS) is 1. The van der Waals surface area contributed by atoms with Gasteiger partial charge in [0.05, 0.1) is 10.5 Å². The normalized spacial score (nSPS) is 16.9. The predicted molar refractivity (Wildman–Crippen MR) is 78.2 cm³/mol. The molecule has 1 aromatic rings. The number of rotatable bonds is 6. The van der Waals surface area contributed by atoms with Gasteiger partial charge in [-0.05, 0) is 58.8 Å². The summed E-state index contributed by atoms with van der Waals surface area (Å²) in [4.78, 5) is 10.9. The molecule has 1 aromatic carbocycles. The van der Waals surface area contributed by atoms with Gasteiger partial charge in [0.2, 0.25) is 10.0 Å². The molecule has 0 heterocycles. The number of carbonyl (C=O) groups is 1. The molecule has 0 spiro atoms. The van der Waals surface area contributed by atoms with Gasteiger partial charge >= 0.3 is 5.97 Å². The maximum atomic E-state index is 12.2. The molecule has 1 aliphatic carbocycles. The molecule has 0 radical (unpaired) electrons. The highest BCUT2D eigenvalue weighted by molar-refractivity contribution is 9.10. The third-order valence-electron chi connectivity index (χ3n) is 3.81. The second-order valence-electron chi connectivity index (χ2n) is 5.13. The second kappa shape index (κ2) is 5.46. The zero-order valence-corrected chi connectivity index (χ0v) is 13.4. The van der Waals surface area contributed by atoms with Gasteiger partial charge in [-0.15, -0.1) is 0 Å². The summed E-state index contributed by atoms with van der Waals surface area (Å²) in [6, 6.07) is 3.89. The number of halogens is 1. The molecule has 1 saturated carbocycles. The highest BCUT2D eigenvalue weighted by Crippen LogP contribution is 2.48. The Bertz CT molecular complexity index is 638. The fourth-order valence-corrected chi connectivity index (χ4v) is 4.24. The van der Waals surface area contributed by atoms with Gasteiger partial charge in [0, 0.05) is 11.0 Å². The fourth-order valence-electron chi connectivity index (χ4n) is 2.01. The van der Waals surface area contributed by atoms with Gasteiger partial charge in [-0.1, -0.05) is 6.92 Å². The molecule has 1 fully saturated rings. The molecule has 0 amide bonds. The topological polar surface area (TPSA) is 83.5 Å². The molecule has 5 nitrogen and oxygen atoms in total. The third-order valence-corrected chi connectivity index (χ3v) is 6.19. The summed E-state index contributed by atoms with van der Waals surface area (Å²) < 4.78 is 27.3. The quantitative estimate of drug-likeness (QED) is 0.815. The van der Waals surface area contributed by atoms with E-state index >= 15 is 0 Å². The lowest BCUT2D eigenvalue weighted by Gasteiger charge is -2.14. The number of hydrogen-bond donors (Lipinski definition) is 2. The molecule has 0 atom stereocenters. The summed E-state index contributed by atoms with van der Waals surface area (Å²) in [5, 5.41) is 8.87. The third kappa shape index (κ3) is 3.21. The van der Waals surface area contributed by atoms with Crippen molar-refractivity contribution in [3.8, 4) is 0 Å². The average molecular weight is 362 g/mol. The van der Waals surface area contributed by atoms with E-state index < -0.39 is 16.0 Å². The van der Waals surface area contributed by atoms with Crippen LogP contribution in [0.4, 0.5) is 0 Å². The minimum absolute atomic E-state index is 0.0445. The monoisotopic (exact) mass is 361 g/mol. The van der Waals surface area contributed by atoms with Gasteiger partial charge in [-0.25, -0.2) is 17.9 Å². The first-order valence-corrected chi connectivity index (χ1v) is 8.60. The molecule has 0 unspecified atom stereocenters. The first kappa shape index (κ1) is 15.5. The van der Waals surface area contributed by atoms with E-state index in [1.807, 2.05) is 0 Å². The van der Waals surface area contributed by atoms with E-state index in [1.165, 1.54) is 18.2 Å². The fraction of sp³-hybridized carbons (Fsp3) is 0.462. The summed E-state index contributed by atoms with van der Waals surface area (Å²) in [7, 11) is -3.63. The van der Waals surface area contributed by atoms with Crippen molar-refractivity contribution in [2.45, 2.75) is 31.1 Å². The first-order valence-electron chi connectivity index (χ1n) is 6.32. The summed E-state index contributed by atoms with van der Waals surface area (Å²) >= 11 is 3.12. The van der Waals surface area contributed by atoms with E-state index in [9.17, 15) is 13.2 Å². The highest BCUT2D eigenvalue weighted by Gasteiger charge is 2.41. The standard InChI is InChI=1S/C13H16BrNO4S/c1-2-13(5-6-13)8-15-20(18,19)11-4-3-9(12(16)17)7-10(11)14/h3-4,7,15H,2,5-6,8H2,1H3,(H,16,17). The van der Waals surface area contributed by atoms with Gasteiger partial charge in [0.15, 0.2) is 0 Å². The lowest BCUT2D eigenvalue weighted by molar-refractivity contribution is 0.0696. The van der Waals surface area contributed by atoms with E-state index in [0.717, 1.165) is 19.3 Å². The molecule has 0 aliphatic heterocycles. The van der Waals surface area contributed by atoms with Crippen LogP contribution in [0.25, 0.3) is 0 Å². The molecule has 1 aliphatic rings. The smallest absolute Gasteiger partial charge is 0.335 e. The van der Waals surface area contributed by atoms with Crippen LogP contribution in [0.2, 0.25) is 0 Å². The Hall–Kier alpha value is -0.920. The molecular weight excluding hydrogens is 346 g/mol. The summed E-state index contributed by atoms with van der Waals surface area (Å²) in [6.07, 6.45) is 3.05. The van der Waals surface area contributed by atoms with Gasteiger partial charge in [0.1, 0.15) is 0 Å². The van der Waals surface area contributed by atoms with Gasteiger partial charge in [-0.2, -0.15) is 0 Å². The Balaban J connectivity index is 2.19. The molecular formula is C13H16BrNO4S. The SMILES string of the molecule is CCC1(CNS(=O)(=O)c2ccc(C(=O)O)cc2Br)CC1. The number of benzene rings is 1. The van der Waals surface area contributed by atoms with Crippen molar-refractivity contribution in [3.05, 3.63) is 28.2 Å². The van der Waals surface area contributed by atoms with E-state index in [1.54, 1.807) is 0 Å². The molecule has 20 heavy (non-hydrogen) atoms. The molecule has 0 saturated heterocycles. The Kier molecular flexibility index (Phi) is 4.22. The number of hydrogen-bond acceptors (Lipinski definition) is 3. The van der Waals surface area contributed by atoms with Gasteiger partial charge in [0.25, 0.3) is 0 Å². The van der Waals surface area contributed by atoms with E-state index in [-0.39, 0.29) is 20.3 Å². The maximum absolute atomic E-state index is 12.2. The van der Waals surface area contributed by atoms with Crippen molar-refractivity contribution >= 4 is 31.9 Å². The van der Waals surface area contributed by atoms with Crippen LogP contribution in [0.3, 0.4) is 0 Å². The van der Waals surface area contributed by atoms with Crippen molar-refractivity contribution in [3.63, 3.8) is 0 Å². The second-order valence-corrected chi connectivity index (χ2v) is 7.72. The van der Waals surface area contributed by atoms with Crippen LogP contribution < -0.4 is 4.72 Å². The predicted octanol–water partition coefficient (Wildman–Crippen LogP) is 2.62. The van der Waals surface area contributed by atoms with Crippen molar-refractivity contribution in [1.29, 1.82) is 0 Å². The van der Waals surface area contributed by atoms with Crippen molar-refractivity contribution in [1.82, 2.24) is 4.72 Å². The Morgan fingerprint density at radius 1 is 1.45 bits per heavy atom. The van der Waals surface area contributed by atoms with Crippen LogP contribution in [0.15, 0.2) is 27.6 Å². The van der Waals surface area contributed by atoms with Crippen LogP contribution in [0.5, 0.6) is 0 Å². The number of aromatic carboxylic acids is 1. The van der Waals surface area contributed by atoms with Crippen LogP contribution in [-0.2, 0) is 10.0 Å². The van der Waals surface area contributed by atoms with Crippen molar-refractivity contribution < 1.29 is 18.3 Å². The van der Waals surface area contributed by atoms with Crippen LogP contribution >= 0.6 is 15.9 Å². The van der Waals surface area contributed by atoms with Crippen LogP contribution in [0, 0.1) is 5.41 Å². The molecule has 7 heteroatoms. The lowest BCUT2D eigenvalue weighted by Crippen LogP contribution is -2.30. The Morgan fingerprint density at radius 2 is 2.10 bits per heavy atom. The maximum Gasteiger partial charge on any atom is 0.335 e. The van der Waals surface area contributed by atoms with E-state index in [2.05, 4.69) is 27.6 Å². The van der Waals surface area contributed by atoms with Crippen molar-refractivity contribution in [2.75, 3.05) is 6.54 Å². The number of sulfonamides is 1. The average Bonchev–Trinajstić information content (AvgIpc) is 3.17. The zero-order valence-electron chi connectivity index (χ0n) is 11.0. The van der Waals surface area contributed by atoms with E-state index in [0.29, 0.717) is 6.54 Å². The summed E-state index contributed by atoms with van der Waals surface area (Å²) in [5.41, 5.74) is 0.156. The van der Waals surface area contributed by atoms with Gasteiger partial charge in [-0.3, -0.25) is 0 Å². The molecule has 0 bridgehead atoms. The zero-order chi connectivity index (χ0) is 15.0. The molecule has 0 aromatic heterocycles. The lowest BCUT2D eigenvalue weighted by atomic mass is 10.1. The minimum Gasteiger partial charge on any atom is -0.478 e. The van der Waals surface area contributed by atoms with Crippen molar-refractivity contribution in [2.24, 2.45) is 5.41 Å². The summed E-state index contributed by atoms with van der Waals surface area (Å²) in [6.45, 7) is 2.48. The Morgan fingerprint density at radius 3 is 2.55 bits per heavy atom. The van der Waals surface area contributed by atoms with Crippen LogP contribution in [0.1, 0.15) is 36.5 Å². The molecule has 2 rings (SSSR count). The largest absolute Gasteiger partial charge is 0.478 e. The summed E-state index contributed by atoms with van der Waals surface area (Å²) in [5.74, 6) is -1.09. The highest BCUT2D eigenvalue weighted by atomic mass is 79.9. The minimum atomic E-state index is -3.63. The number of carboxylic acids is 1. The first-order chi connectivity index (χ1) is 9.30. The van der Waals surface area contributed by atoms with Gasteiger partial charge < -0.3 is 5.11 Å². The Labute approximate surface area is 126 Å². The van der Waals surface area contributed by atoms with Crippen LogP contribution in [-0.4, -0.2) is 26.0 Å². The molecule has 110 valence electrons. The van der Waals surface area contributed by atoms with E-state index in [4.69, 9.17) is 5.11 Å². The molecule has 2 N–H and O–H groups in total.